The number of halogens is 3. The molecule has 10 aromatic rings. The lowest BCUT2D eigenvalue weighted by molar-refractivity contribution is -0.385. The first-order chi connectivity index (χ1) is 29.0. The van der Waals surface area contributed by atoms with Crippen molar-refractivity contribution >= 4 is 136 Å². The van der Waals surface area contributed by atoms with Gasteiger partial charge in [-0.05, 0) is 122 Å². The van der Waals surface area contributed by atoms with Gasteiger partial charge in [-0.25, -0.2) is 0 Å². The van der Waals surface area contributed by atoms with E-state index in [1.807, 2.05) is 66.7 Å². The summed E-state index contributed by atoms with van der Waals surface area (Å²) in [7, 11) is -1.44. The number of nitro benzene ring substituents is 2. The lowest BCUT2D eigenvalue weighted by atomic mass is 9.78. The van der Waals surface area contributed by atoms with E-state index in [0.29, 0.717) is 24.4 Å². The molecule has 12 heteroatoms. The standard InChI is InChI=1S/C24H14BrNO2.C18H13BO2.C6H3Br2NO2.CH4/c25-16-10-12-17(24(14-16)26(27)28)15-9-11-22-20-7-2-1-5-18(20)19-6-3-4-8-21(19)23(22)13-15;20-19(21)12-9-10-17-15-7-2-1-5-13(15)14-6-3-4-8-16(14)18(17)11-12;7-4-1-2-5(8)6(3-4)9(10)11;/h1-14H;1-11,20-21H;1-3H;1H4. The lowest BCUT2D eigenvalue weighted by Crippen LogP contribution is -2.29. The van der Waals surface area contributed by atoms with Crippen molar-refractivity contribution in [2.75, 3.05) is 0 Å². The molecule has 0 fully saturated rings. The van der Waals surface area contributed by atoms with E-state index < -0.39 is 12.0 Å². The predicted molar refractivity (Wildman–Crippen MR) is 263 cm³/mol. The first-order valence-corrected chi connectivity index (χ1v) is 20.9. The van der Waals surface area contributed by atoms with Crippen LogP contribution < -0.4 is 5.46 Å². The quantitative estimate of drug-likeness (QED) is 0.0782. The zero-order valence-corrected chi connectivity index (χ0v) is 36.1. The van der Waals surface area contributed by atoms with Crippen LogP contribution in [0, 0.1) is 20.2 Å². The molecule has 0 aliphatic heterocycles. The molecule has 10 aromatic carbocycles. The molecule has 0 unspecified atom stereocenters. The van der Waals surface area contributed by atoms with Gasteiger partial charge in [-0.15, -0.1) is 0 Å². The molecule has 0 amide bonds. The van der Waals surface area contributed by atoms with Crippen molar-refractivity contribution in [3.05, 3.63) is 204 Å². The fourth-order valence-electron chi connectivity index (χ4n) is 7.69. The Morgan fingerprint density at radius 1 is 0.410 bits per heavy atom. The van der Waals surface area contributed by atoms with Crippen LogP contribution in [0.15, 0.2) is 183 Å². The number of hydrogen-bond donors (Lipinski definition) is 2. The van der Waals surface area contributed by atoms with Crippen LogP contribution in [-0.2, 0) is 0 Å². The average molecular weight is 997 g/mol. The van der Waals surface area contributed by atoms with E-state index in [-0.39, 0.29) is 23.7 Å². The maximum absolute atomic E-state index is 11.6. The number of nitro groups is 2. The monoisotopic (exact) mass is 994 g/mol. The summed E-state index contributed by atoms with van der Waals surface area (Å²) in [4.78, 5) is 21.1. The van der Waals surface area contributed by atoms with E-state index in [9.17, 15) is 30.3 Å². The Morgan fingerprint density at radius 3 is 1.18 bits per heavy atom. The molecule has 0 radical (unpaired) electrons. The number of nitrogens with zero attached hydrogens (tertiary/aromatic N) is 2. The van der Waals surface area contributed by atoms with Gasteiger partial charge in [0, 0.05) is 21.1 Å². The Kier molecular flexibility index (Phi) is 12.9. The van der Waals surface area contributed by atoms with E-state index in [2.05, 4.69) is 115 Å². The molecule has 2 N–H and O–H groups in total. The Bertz CT molecular complexity index is 3260. The Balaban J connectivity index is 0.000000150. The SMILES string of the molecule is C.O=[N+]([O-])c1cc(Br)ccc1-c1ccc2c3ccccc3c3ccccc3c2c1.O=[N+]([O-])c1cc(Br)ccc1Br.OB(O)c1ccc2c3ccccc3c3ccccc3c2c1. The summed E-state index contributed by atoms with van der Waals surface area (Å²) in [6, 6.07) is 55.0. The first kappa shape index (κ1) is 43.1. The Labute approximate surface area is 375 Å². The topological polar surface area (TPSA) is 127 Å². The van der Waals surface area contributed by atoms with Gasteiger partial charge in [0.25, 0.3) is 11.4 Å². The summed E-state index contributed by atoms with van der Waals surface area (Å²) >= 11 is 9.54. The third kappa shape index (κ3) is 8.63. The molecule has 0 saturated heterocycles. The van der Waals surface area contributed by atoms with Crippen LogP contribution in [0.3, 0.4) is 0 Å². The Morgan fingerprint density at radius 2 is 0.770 bits per heavy atom. The molecule has 0 aliphatic carbocycles. The summed E-state index contributed by atoms with van der Waals surface area (Å²) in [6.07, 6.45) is 0. The van der Waals surface area contributed by atoms with Crippen LogP contribution in [0.1, 0.15) is 7.43 Å². The van der Waals surface area contributed by atoms with Crippen LogP contribution in [0.5, 0.6) is 0 Å². The zero-order chi connectivity index (χ0) is 42.1. The molecule has 10 rings (SSSR count). The van der Waals surface area contributed by atoms with Gasteiger partial charge < -0.3 is 10.0 Å². The third-order valence-corrected chi connectivity index (χ3v) is 12.0. The number of fused-ring (bicyclic) bond motifs is 12. The maximum Gasteiger partial charge on any atom is 0.488 e. The number of benzene rings is 10. The van der Waals surface area contributed by atoms with Gasteiger partial charge in [0.2, 0.25) is 0 Å². The van der Waals surface area contributed by atoms with Crippen molar-refractivity contribution < 1.29 is 19.9 Å². The molecule has 61 heavy (non-hydrogen) atoms. The van der Waals surface area contributed by atoms with Crippen LogP contribution >= 0.6 is 47.8 Å². The molecular weight excluding hydrogens is 963 g/mol. The smallest absolute Gasteiger partial charge is 0.423 e. The van der Waals surface area contributed by atoms with Crippen LogP contribution in [0.4, 0.5) is 11.4 Å². The second kappa shape index (κ2) is 18.3. The summed E-state index contributed by atoms with van der Waals surface area (Å²) in [5, 5.41) is 54.7. The molecule has 0 heterocycles. The molecule has 0 aromatic heterocycles. The Hall–Kier alpha value is -6.02. The van der Waals surface area contributed by atoms with E-state index in [4.69, 9.17) is 0 Å². The highest BCUT2D eigenvalue weighted by Gasteiger charge is 2.18. The normalized spacial score (nSPS) is 10.8. The van der Waals surface area contributed by atoms with Gasteiger partial charge >= 0.3 is 7.12 Å². The minimum absolute atomic E-state index is 0. The summed E-state index contributed by atoms with van der Waals surface area (Å²) in [5.74, 6) is 0. The number of rotatable bonds is 4. The van der Waals surface area contributed by atoms with Crippen molar-refractivity contribution in [3.63, 3.8) is 0 Å². The van der Waals surface area contributed by atoms with E-state index >= 15 is 0 Å². The second-order valence-corrected chi connectivity index (χ2v) is 16.6. The molecule has 0 spiro atoms. The van der Waals surface area contributed by atoms with E-state index in [1.54, 1.807) is 30.3 Å². The largest absolute Gasteiger partial charge is 0.488 e. The zero-order valence-electron chi connectivity index (χ0n) is 31.3. The van der Waals surface area contributed by atoms with Crippen LogP contribution in [0.2, 0.25) is 0 Å². The molecule has 8 nitrogen and oxygen atoms in total. The van der Waals surface area contributed by atoms with Crippen LogP contribution in [0.25, 0.3) is 75.8 Å². The maximum atomic E-state index is 11.6. The lowest BCUT2D eigenvalue weighted by Gasteiger charge is -2.12. The molecular formula is C49H34BBr3N2O6. The van der Waals surface area contributed by atoms with Gasteiger partial charge in [0.05, 0.1) is 19.9 Å². The van der Waals surface area contributed by atoms with Crippen molar-refractivity contribution in [3.8, 4) is 11.1 Å². The summed E-state index contributed by atoms with van der Waals surface area (Å²) < 4.78 is 1.89. The highest BCUT2D eigenvalue weighted by molar-refractivity contribution is 9.11. The van der Waals surface area contributed by atoms with E-state index in [1.165, 1.54) is 38.4 Å². The van der Waals surface area contributed by atoms with Gasteiger partial charge in [-0.1, -0.05) is 167 Å². The second-order valence-electron chi connectivity index (χ2n) is 13.9. The minimum atomic E-state index is -1.44. The minimum Gasteiger partial charge on any atom is -0.423 e. The molecule has 0 aliphatic rings. The molecule has 0 atom stereocenters. The average Bonchev–Trinajstić information content (AvgIpc) is 3.27. The summed E-state index contributed by atoms with van der Waals surface area (Å²) in [6.45, 7) is 0. The van der Waals surface area contributed by atoms with Crippen LogP contribution in [-0.4, -0.2) is 27.0 Å². The highest BCUT2D eigenvalue weighted by Crippen LogP contribution is 2.40. The van der Waals surface area contributed by atoms with Crippen molar-refractivity contribution in [1.29, 1.82) is 0 Å². The first-order valence-electron chi connectivity index (χ1n) is 18.6. The summed E-state index contributed by atoms with van der Waals surface area (Å²) in [5.41, 5.74) is 2.14. The highest BCUT2D eigenvalue weighted by atomic mass is 79.9. The fourth-order valence-corrected chi connectivity index (χ4v) is 8.78. The molecule has 0 bridgehead atoms. The van der Waals surface area contributed by atoms with Crippen molar-refractivity contribution in [2.45, 2.75) is 7.43 Å². The van der Waals surface area contributed by atoms with Crippen molar-refractivity contribution in [1.82, 2.24) is 0 Å². The van der Waals surface area contributed by atoms with Crippen molar-refractivity contribution in [2.24, 2.45) is 0 Å². The van der Waals surface area contributed by atoms with E-state index in [0.717, 1.165) is 37.9 Å². The predicted octanol–water partition coefficient (Wildman–Crippen LogP) is 14.1. The van der Waals surface area contributed by atoms with Gasteiger partial charge in [0.15, 0.2) is 0 Å². The van der Waals surface area contributed by atoms with Gasteiger partial charge in [0.1, 0.15) is 0 Å². The van der Waals surface area contributed by atoms with Gasteiger partial charge in [-0.3, -0.25) is 20.2 Å². The van der Waals surface area contributed by atoms with Gasteiger partial charge in [-0.2, -0.15) is 0 Å². The third-order valence-electron chi connectivity index (χ3n) is 10.4. The fraction of sp³-hybridized carbons (Fsp3) is 0.0204. The molecule has 300 valence electrons. The number of hydrogen-bond acceptors (Lipinski definition) is 6. The molecule has 0 saturated carbocycles.